The molecule has 0 fully saturated rings. The van der Waals surface area contributed by atoms with Crippen LogP contribution in [0.5, 0.6) is 0 Å². The van der Waals surface area contributed by atoms with Gasteiger partial charge in [-0.15, -0.1) is 11.6 Å². The van der Waals surface area contributed by atoms with Crippen LogP contribution in [0.4, 0.5) is 4.79 Å². The number of rotatable bonds is 10. The Morgan fingerprint density at radius 3 is 1.86 bits per heavy atom. The van der Waals surface area contributed by atoms with Crippen molar-refractivity contribution in [2.75, 3.05) is 19.0 Å². The molecule has 0 spiro atoms. The van der Waals surface area contributed by atoms with Crippen LogP contribution in [0, 0.1) is 0 Å². The van der Waals surface area contributed by atoms with E-state index < -0.39 is 5.60 Å². The molecule has 0 rings (SSSR count). The topological polar surface area (TPSA) is 67.4 Å². The second-order valence-electron chi connectivity index (χ2n) is 6.03. The van der Waals surface area contributed by atoms with Crippen LogP contribution in [-0.4, -0.2) is 36.6 Å². The lowest BCUT2D eigenvalue weighted by atomic mass is 10.1. The van der Waals surface area contributed by atoms with E-state index in [1.54, 1.807) is 0 Å². The van der Waals surface area contributed by atoms with Crippen LogP contribution >= 0.6 is 11.6 Å². The fraction of sp³-hybridized carbons (Fsp3) is 0.867. The molecule has 0 atom stereocenters. The first-order chi connectivity index (χ1) is 9.85. The minimum atomic E-state index is -0.442. The van der Waals surface area contributed by atoms with Crippen molar-refractivity contribution in [2.45, 2.75) is 64.9 Å². The van der Waals surface area contributed by atoms with E-state index in [1.165, 1.54) is 0 Å². The molecule has 5 nitrogen and oxygen atoms in total. The lowest BCUT2D eigenvalue weighted by Crippen LogP contribution is -2.32. The minimum Gasteiger partial charge on any atom is -0.444 e. The molecule has 21 heavy (non-hydrogen) atoms. The van der Waals surface area contributed by atoms with Gasteiger partial charge in [-0.2, -0.15) is 0 Å². The maximum atomic E-state index is 11.4. The van der Waals surface area contributed by atoms with Crippen LogP contribution in [0.25, 0.3) is 0 Å². The zero-order valence-electron chi connectivity index (χ0n) is 13.5. The fourth-order valence-electron chi connectivity index (χ4n) is 1.74. The third-order valence-electron chi connectivity index (χ3n) is 2.72. The van der Waals surface area contributed by atoms with Crippen LogP contribution in [0.3, 0.4) is 0 Å². The number of hydrogen-bond acceptors (Lipinski definition) is 3. The number of amides is 2. The van der Waals surface area contributed by atoms with Crippen LogP contribution in [0.15, 0.2) is 0 Å². The monoisotopic (exact) mass is 320 g/mol. The summed E-state index contributed by atoms with van der Waals surface area (Å²) in [5.74, 6) is -0.0742. The van der Waals surface area contributed by atoms with Gasteiger partial charge in [-0.05, 0) is 33.6 Å². The molecular weight excluding hydrogens is 292 g/mol. The molecule has 0 aliphatic carbocycles. The summed E-state index contributed by atoms with van der Waals surface area (Å²) in [5.41, 5.74) is -0.442. The van der Waals surface area contributed by atoms with Crippen LogP contribution in [0.1, 0.15) is 59.3 Å². The Kier molecular flexibility index (Phi) is 11.1. The second-order valence-corrected chi connectivity index (χ2v) is 6.30. The first kappa shape index (κ1) is 20.0. The van der Waals surface area contributed by atoms with Crippen molar-refractivity contribution >= 4 is 23.6 Å². The highest BCUT2D eigenvalue weighted by atomic mass is 35.5. The van der Waals surface area contributed by atoms with E-state index in [1.807, 2.05) is 20.8 Å². The summed E-state index contributed by atoms with van der Waals surface area (Å²) < 4.78 is 5.14. The van der Waals surface area contributed by atoms with Gasteiger partial charge in [-0.3, -0.25) is 4.79 Å². The zero-order valence-corrected chi connectivity index (χ0v) is 14.2. The smallest absolute Gasteiger partial charge is 0.407 e. The first-order valence-corrected chi connectivity index (χ1v) is 8.18. The molecule has 0 aromatic heterocycles. The summed E-state index contributed by atoms with van der Waals surface area (Å²) in [6.45, 7) is 6.90. The minimum absolute atomic E-state index is 0.0324. The van der Waals surface area contributed by atoms with E-state index in [2.05, 4.69) is 10.6 Å². The highest BCUT2D eigenvalue weighted by Gasteiger charge is 2.15. The molecule has 0 saturated heterocycles. The van der Waals surface area contributed by atoms with Crippen LogP contribution in [0.2, 0.25) is 0 Å². The van der Waals surface area contributed by atoms with E-state index in [-0.39, 0.29) is 17.9 Å². The van der Waals surface area contributed by atoms with Crippen molar-refractivity contribution in [1.29, 1.82) is 0 Å². The van der Waals surface area contributed by atoms with Gasteiger partial charge < -0.3 is 15.4 Å². The van der Waals surface area contributed by atoms with Crippen molar-refractivity contribution < 1.29 is 14.3 Å². The summed E-state index contributed by atoms with van der Waals surface area (Å²) in [6.07, 6.45) is 6.06. The summed E-state index contributed by atoms with van der Waals surface area (Å²) in [6, 6.07) is 0. The number of nitrogens with one attached hydrogen (secondary N) is 2. The number of unbranched alkanes of at least 4 members (excludes halogenated alkanes) is 5. The number of carbonyl (C=O) groups excluding carboxylic acids is 2. The van der Waals surface area contributed by atoms with Crippen molar-refractivity contribution in [3.05, 3.63) is 0 Å². The number of ether oxygens (including phenoxy) is 1. The van der Waals surface area contributed by atoms with Gasteiger partial charge in [-0.25, -0.2) is 4.79 Å². The molecule has 0 aromatic rings. The molecule has 0 aromatic carbocycles. The Labute approximate surface area is 133 Å². The van der Waals surface area contributed by atoms with E-state index >= 15 is 0 Å². The Hall–Kier alpha value is -0.970. The van der Waals surface area contributed by atoms with Crippen molar-refractivity contribution in [1.82, 2.24) is 10.6 Å². The van der Waals surface area contributed by atoms with E-state index in [0.717, 1.165) is 38.5 Å². The fourth-order valence-corrected chi connectivity index (χ4v) is 1.83. The molecule has 124 valence electrons. The molecule has 6 heteroatoms. The zero-order chi connectivity index (χ0) is 16.1. The standard InChI is InChI=1S/C15H29ClN2O3/c1-15(2,3)21-14(20)18-11-9-7-5-4-6-8-10-17-13(19)12-16/h4-12H2,1-3H3,(H,17,19)(H,18,20). The Morgan fingerprint density at radius 2 is 1.38 bits per heavy atom. The molecule has 0 heterocycles. The summed E-state index contributed by atoms with van der Waals surface area (Å²) in [4.78, 5) is 22.2. The number of carbonyl (C=O) groups is 2. The molecule has 0 bridgehead atoms. The van der Waals surface area contributed by atoms with Gasteiger partial charge >= 0.3 is 6.09 Å². The Balaban J connectivity index is 3.26. The number of hydrogen-bond donors (Lipinski definition) is 2. The summed E-state index contributed by atoms with van der Waals surface area (Å²) in [5, 5.41) is 5.49. The van der Waals surface area contributed by atoms with Crippen LogP contribution in [-0.2, 0) is 9.53 Å². The normalized spacial score (nSPS) is 11.0. The third kappa shape index (κ3) is 15.2. The number of alkyl carbamates (subject to hydrolysis) is 1. The highest BCUT2D eigenvalue weighted by Crippen LogP contribution is 2.07. The maximum Gasteiger partial charge on any atom is 0.407 e. The lowest BCUT2D eigenvalue weighted by molar-refractivity contribution is -0.118. The largest absolute Gasteiger partial charge is 0.444 e. The molecule has 0 aliphatic heterocycles. The van der Waals surface area contributed by atoms with Gasteiger partial charge in [0.1, 0.15) is 11.5 Å². The average molecular weight is 321 g/mol. The molecule has 0 unspecified atom stereocenters. The van der Waals surface area contributed by atoms with Crippen molar-refractivity contribution in [2.24, 2.45) is 0 Å². The van der Waals surface area contributed by atoms with Crippen molar-refractivity contribution in [3.8, 4) is 0 Å². The molecule has 2 N–H and O–H groups in total. The molecular formula is C15H29ClN2O3. The quantitative estimate of drug-likeness (QED) is 0.480. The summed E-state index contributed by atoms with van der Waals surface area (Å²) in [7, 11) is 0. The predicted molar refractivity (Wildman–Crippen MR) is 85.7 cm³/mol. The number of alkyl halides is 1. The first-order valence-electron chi connectivity index (χ1n) is 7.64. The Bertz CT molecular complexity index is 304. The van der Waals surface area contributed by atoms with Gasteiger partial charge in [0.2, 0.25) is 5.91 Å². The van der Waals surface area contributed by atoms with Gasteiger partial charge in [0.25, 0.3) is 0 Å². The van der Waals surface area contributed by atoms with E-state index in [4.69, 9.17) is 16.3 Å². The van der Waals surface area contributed by atoms with Crippen LogP contribution < -0.4 is 10.6 Å². The number of halogens is 1. The average Bonchev–Trinajstić information content (AvgIpc) is 2.38. The third-order valence-corrected chi connectivity index (χ3v) is 2.96. The van der Waals surface area contributed by atoms with Gasteiger partial charge in [0.05, 0.1) is 0 Å². The lowest BCUT2D eigenvalue weighted by Gasteiger charge is -2.19. The SMILES string of the molecule is CC(C)(C)OC(=O)NCCCCCCCCNC(=O)CCl. The second kappa shape index (κ2) is 11.7. The summed E-state index contributed by atoms with van der Waals surface area (Å²) >= 11 is 5.37. The maximum absolute atomic E-state index is 11.4. The van der Waals surface area contributed by atoms with Gasteiger partial charge in [0, 0.05) is 13.1 Å². The van der Waals surface area contributed by atoms with E-state index in [0.29, 0.717) is 13.1 Å². The molecule has 0 saturated carbocycles. The van der Waals surface area contributed by atoms with Gasteiger partial charge in [0.15, 0.2) is 0 Å². The van der Waals surface area contributed by atoms with E-state index in [9.17, 15) is 9.59 Å². The highest BCUT2D eigenvalue weighted by molar-refractivity contribution is 6.27. The molecule has 2 amide bonds. The van der Waals surface area contributed by atoms with Gasteiger partial charge in [-0.1, -0.05) is 25.7 Å². The predicted octanol–water partition coefficient (Wildman–Crippen LogP) is 3.21. The van der Waals surface area contributed by atoms with Crippen molar-refractivity contribution in [3.63, 3.8) is 0 Å². The Morgan fingerprint density at radius 1 is 0.905 bits per heavy atom. The molecule has 0 radical (unpaired) electrons. The molecule has 0 aliphatic rings.